The first-order chi connectivity index (χ1) is 15.2. The molecule has 0 N–H and O–H groups in total. The Morgan fingerprint density at radius 1 is 0.613 bits per heavy atom. The Balaban J connectivity index is 3.99. The summed E-state index contributed by atoms with van der Waals surface area (Å²) in [5.74, 6) is -0.599. The molecule has 0 aromatic carbocycles. The van der Waals surface area contributed by atoms with Crippen molar-refractivity contribution in [2.45, 2.75) is 129 Å². The Hall–Kier alpha value is -0.580. The van der Waals surface area contributed by atoms with Crippen LogP contribution in [0.25, 0.3) is 0 Å². The third-order valence-corrected chi connectivity index (χ3v) is 6.25. The second kappa shape index (κ2) is 22.6. The fourth-order valence-electron chi connectivity index (χ4n) is 4.29. The number of hydrogen-bond donors (Lipinski definition) is 0. The highest BCUT2D eigenvalue weighted by atomic mass is 16.9. The highest BCUT2D eigenvalue weighted by Crippen LogP contribution is 2.33. The first-order valence-electron chi connectivity index (χ1n) is 13.1. The monoisotopic (exact) mass is 442 g/mol. The van der Waals surface area contributed by atoms with Crippen LogP contribution in [0.2, 0.25) is 0 Å². The Labute approximate surface area is 194 Å². The lowest BCUT2D eigenvalue weighted by molar-refractivity contribution is -0.380. The van der Waals surface area contributed by atoms with Crippen LogP contribution in [-0.4, -0.2) is 33.9 Å². The van der Waals surface area contributed by atoms with Crippen LogP contribution in [0.1, 0.15) is 123 Å². The van der Waals surface area contributed by atoms with E-state index in [1.807, 2.05) is 6.26 Å². The smallest absolute Gasteiger partial charge is 0.285 e. The van der Waals surface area contributed by atoms with Gasteiger partial charge in [-0.05, 0) is 25.7 Å². The molecule has 0 aliphatic heterocycles. The maximum Gasteiger partial charge on any atom is 0.285 e. The fraction of sp³-hybridized carbons (Fsp3) is 0.926. The number of rotatable bonds is 24. The highest BCUT2D eigenvalue weighted by Gasteiger charge is 2.39. The number of hydrogen-bond acceptors (Lipinski definition) is 4. The van der Waals surface area contributed by atoms with E-state index in [4.69, 9.17) is 18.9 Å². The predicted molar refractivity (Wildman–Crippen MR) is 132 cm³/mol. The maximum atomic E-state index is 5.70. The summed E-state index contributed by atoms with van der Waals surface area (Å²) >= 11 is 0. The van der Waals surface area contributed by atoms with E-state index in [-0.39, 0.29) is 0 Å². The normalized spacial score (nSPS) is 13.2. The molecule has 4 nitrogen and oxygen atoms in total. The molecule has 31 heavy (non-hydrogen) atoms. The molecule has 0 rings (SSSR count). The van der Waals surface area contributed by atoms with Gasteiger partial charge in [0.1, 0.15) is 0 Å². The molecule has 0 aliphatic rings. The average molecular weight is 443 g/mol. The molecule has 0 saturated heterocycles. The summed E-state index contributed by atoms with van der Waals surface area (Å²) in [6, 6.07) is 0. The van der Waals surface area contributed by atoms with E-state index in [0.29, 0.717) is 5.92 Å². The zero-order valence-electron chi connectivity index (χ0n) is 21.6. The van der Waals surface area contributed by atoms with Crippen molar-refractivity contribution >= 4 is 0 Å². The molecule has 0 aromatic rings. The molecule has 1 unspecified atom stereocenters. The molecule has 0 bridgehead atoms. The molecule has 0 fully saturated rings. The molecule has 0 spiro atoms. The first kappa shape index (κ1) is 30.4. The van der Waals surface area contributed by atoms with Crippen molar-refractivity contribution in [3.8, 4) is 0 Å². The molecule has 0 aliphatic carbocycles. The second-order valence-electron chi connectivity index (χ2n) is 8.74. The van der Waals surface area contributed by atoms with E-state index in [2.05, 4.69) is 19.9 Å². The molecule has 0 saturated carbocycles. The molecule has 0 heterocycles. The van der Waals surface area contributed by atoms with Crippen molar-refractivity contribution in [1.29, 1.82) is 0 Å². The van der Waals surface area contributed by atoms with Crippen LogP contribution in [-0.2, 0) is 18.9 Å². The molecule has 186 valence electrons. The molecular formula is C27H54O4. The summed E-state index contributed by atoms with van der Waals surface area (Å²) in [6.45, 7) is 5.25. The van der Waals surface area contributed by atoms with Crippen molar-refractivity contribution in [3.63, 3.8) is 0 Å². The minimum Gasteiger partial charge on any atom is -0.502 e. The minimum absolute atomic E-state index is 0.292. The summed E-state index contributed by atoms with van der Waals surface area (Å²) in [5, 5.41) is 0. The Morgan fingerprint density at radius 2 is 1.06 bits per heavy atom. The van der Waals surface area contributed by atoms with Gasteiger partial charge < -0.3 is 18.9 Å². The van der Waals surface area contributed by atoms with E-state index >= 15 is 0 Å². The van der Waals surface area contributed by atoms with E-state index in [9.17, 15) is 0 Å². The van der Waals surface area contributed by atoms with Crippen LogP contribution in [0.5, 0.6) is 0 Å². The van der Waals surface area contributed by atoms with Gasteiger partial charge in [0.15, 0.2) is 0 Å². The van der Waals surface area contributed by atoms with Crippen LogP contribution in [0.4, 0.5) is 0 Å². The van der Waals surface area contributed by atoms with Crippen molar-refractivity contribution < 1.29 is 18.9 Å². The Kier molecular flexibility index (Phi) is 22.2. The summed E-state index contributed by atoms with van der Waals surface area (Å²) in [7, 11) is 5.10. The summed E-state index contributed by atoms with van der Waals surface area (Å²) in [4.78, 5) is 0. The average Bonchev–Trinajstić information content (AvgIpc) is 2.80. The van der Waals surface area contributed by atoms with Gasteiger partial charge in [0.2, 0.25) is 0 Å². The topological polar surface area (TPSA) is 36.9 Å². The van der Waals surface area contributed by atoms with Gasteiger partial charge in [-0.1, -0.05) is 103 Å². The maximum absolute atomic E-state index is 5.70. The quantitative estimate of drug-likeness (QED) is 0.0854. The minimum atomic E-state index is -0.891. The third kappa shape index (κ3) is 15.8. The van der Waals surface area contributed by atoms with Gasteiger partial charge in [0.05, 0.1) is 12.9 Å². The first-order valence-corrected chi connectivity index (χ1v) is 13.1. The van der Waals surface area contributed by atoms with Crippen LogP contribution in [0.15, 0.2) is 12.3 Å². The van der Waals surface area contributed by atoms with Gasteiger partial charge in [-0.2, -0.15) is 0 Å². The van der Waals surface area contributed by atoms with Gasteiger partial charge in [0.25, 0.3) is 5.97 Å². The predicted octanol–water partition coefficient (Wildman–Crippen LogP) is 8.40. The van der Waals surface area contributed by atoms with Crippen molar-refractivity contribution in [3.05, 3.63) is 12.3 Å². The number of methoxy groups -OCH3 is 3. The number of unbranched alkanes of at least 4 members (excludes halogenated alkanes) is 12. The lowest BCUT2D eigenvalue weighted by Crippen LogP contribution is -2.44. The summed E-state index contributed by atoms with van der Waals surface area (Å²) in [5.41, 5.74) is 0. The molecule has 0 aromatic heterocycles. The van der Waals surface area contributed by atoms with E-state index < -0.39 is 5.97 Å². The molecular weight excluding hydrogens is 388 g/mol. The SMILES string of the molecule is CCC=COCCCCCCCCCCC(CCCCCCCC)C(OC)(OC)OC. The van der Waals surface area contributed by atoms with Gasteiger partial charge >= 0.3 is 0 Å². The summed E-state index contributed by atoms with van der Waals surface area (Å²) in [6.07, 6.45) is 25.3. The van der Waals surface area contributed by atoms with Crippen molar-refractivity contribution in [1.82, 2.24) is 0 Å². The number of ether oxygens (including phenoxy) is 4. The van der Waals surface area contributed by atoms with Crippen LogP contribution >= 0.6 is 0 Å². The zero-order valence-corrected chi connectivity index (χ0v) is 21.6. The molecule has 1 atom stereocenters. The molecule has 0 amide bonds. The fourth-order valence-corrected chi connectivity index (χ4v) is 4.29. The standard InChI is InChI=1S/C27H54O4/c1-6-8-10-11-16-19-22-26(27(28-3,29-4)30-5)23-20-17-14-12-13-15-18-21-25-31-24-9-7-2/h9,24,26H,6-8,10-23,25H2,1-5H3. The third-order valence-electron chi connectivity index (χ3n) is 6.25. The van der Waals surface area contributed by atoms with Gasteiger partial charge in [-0.3, -0.25) is 0 Å². The van der Waals surface area contributed by atoms with Crippen molar-refractivity contribution in [2.75, 3.05) is 27.9 Å². The molecule has 0 radical (unpaired) electrons. The van der Waals surface area contributed by atoms with Gasteiger partial charge in [0, 0.05) is 27.2 Å². The van der Waals surface area contributed by atoms with Gasteiger partial charge in [-0.25, -0.2) is 0 Å². The van der Waals surface area contributed by atoms with E-state index in [0.717, 1.165) is 25.9 Å². The van der Waals surface area contributed by atoms with Crippen molar-refractivity contribution in [2.24, 2.45) is 5.92 Å². The van der Waals surface area contributed by atoms with E-state index in [1.165, 1.54) is 89.9 Å². The molecule has 4 heteroatoms. The largest absolute Gasteiger partial charge is 0.502 e. The lowest BCUT2D eigenvalue weighted by atomic mass is 9.91. The van der Waals surface area contributed by atoms with Crippen LogP contribution in [0, 0.1) is 5.92 Å². The van der Waals surface area contributed by atoms with Crippen LogP contribution < -0.4 is 0 Å². The van der Waals surface area contributed by atoms with Crippen LogP contribution in [0.3, 0.4) is 0 Å². The second-order valence-corrected chi connectivity index (χ2v) is 8.74. The van der Waals surface area contributed by atoms with Gasteiger partial charge in [-0.15, -0.1) is 0 Å². The summed E-state index contributed by atoms with van der Waals surface area (Å²) < 4.78 is 22.5. The highest BCUT2D eigenvalue weighted by molar-refractivity contribution is 4.72. The number of allylic oxidation sites excluding steroid dienone is 1. The Morgan fingerprint density at radius 3 is 1.52 bits per heavy atom. The van der Waals surface area contributed by atoms with E-state index in [1.54, 1.807) is 21.3 Å². The lowest BCUT2D eigenvalue weighted by Gasteiger charge is -2.36. The Bertz CT molecular complexity index is 371. The zero-order chi connectivity index (χ0) is 23.0.